The van der Waals surface area contributed by atoms with Crippen LogP contribution in [0.3, 0.4) is 0 Å². The van der Waals surface area contributed by atoms with Crippen LogP contribution >= 0.6 is 0 Å². The first-order chi connectivity index (χ1) is 10.7. The van der Waals surface area contributed by atoms with Crippen molar-refractivity contribution in [2.45, 2.75) is 12.8 Å². The van der Waals surface area contributed by atoms with Gasteiger partial charge in [-0.1, -0.05) is 6.07 Å². The van der Waals surface area contributed by atoms with Gasteiger partial charge < -0.3 is 9.64 Å². The summed E-state index contributed by atoms with van der Waals surface area (Å²) in [6, 6.07) is 5.96. The molecule has 22 heavy (non-hydrogen) atoms. The first kappa shape index (κ1) is 15.4. The molecule has 1 aromatic carbocycles. The molecule has 120 valence electrons. The summed E-state index contributed by atoms with van der Waals surface area (Å²) in [5.41, 5.74) is 0.451. The highest BCUT2D eigenvalue weighted by Gasteiger charge is 2.25. The van der Waals surface area contributed by atoms with Crippen LogP contribution in [0.4, 0.5) is 4.39 Å². The Morgan fingerprint density at radius 3 is 2.59 bits per heavy atom. The van der Waals surface area contributed by atoms with Gasteiger partial charge in [0, 0.05) is 38.3 Å². The fourth-order valence-electron chi connectivity index (χ4n) is 3.27. The van der Waals surface area contributed by atoms with E-state index in [9.17, 15) is 9.18 Å². The molecule has 0 unspecified atom stereocenters. The molecule has 2 fully saturated rings. The van der Waals surface area contributed by atoms with E-state index in [1.165, 1.54) is 12.1 Å². The second kappa shape index (κ2) is 7.20. The van der Waals surface area contributed by atoms with Crippen molar-refractivity contribution in [3.63, 3.8) is 0 Å². The van der Waals surface area contributed by atoms with E-state index in [1.807, 2.05) is 4.90 Å². The lowest BCUT2D eigenvalue weighted by molar-refractivity contribution is 0.0243. The van der Waals surface area contributed by atoms with Gasteiger partial charge in [0.2, 0.25) is 0 Å². The molecule has 1 amide bonds. The number of carbonyl (C=O) groups excluding carboxylic acids is 1. The summed E-state index contributed by atoms with van der Waals surface area (Å²) in [6.45, 7) is 6.33. The van der Waals surface area contributed by atoms with Crippen LogP contribution < -0.4 is 0 Å². The minimum Gasteiger partial charge on any atom is -0.379 e. The predicted octanol–water partition coefficient (Wildman–Crippen LogP) is 2.01. The number of hydrogen-bond donors (Lipinski definition) is 0. The van der Waals surface area contributed by atoms with Gasteiger partial charge in [-0.2, -0.15) is 0 Å². The van der Waals surface area contributed by atoms with E-state index in [1.54, 1.807) is 12.1 Å². The molecule has 2 saturated heterocycles. The molecule has 0 spiro atoms. The molecule has 5 heteroatoms. The van der Waals surface area contributed by atoms with Gasteiger partial charge in [0.05, 0.1) is 13.2 Å². The van der Waals surface area contributed by atoms with Gasteiger partial charge >= 0.3 is 0 Å². The lowest BCUT2D eigenvalue weighted by Crippen LogP contribution is -2.44. The number of amides is 1. The van der Waals surface area contributed by atoms with E-state index >= 15 is 0 Å². The Balaban J connectivity index is 1.49. The van der Waals surface area contributed by atoms with Crippen LogP contribution in [-0.2, 0) is 4.74 Å². The summed E-state index contributed by atoms with van der Waals surface area (Å²) in [5.74, 6) is 0.243. The van der Waals surface area contributed by atoms with Crippen LogP contribution in [0.5, 0.6) is 0 Å². The van der Waals surface area contributed by atoms with Crippen molar-refractivity contribution in [1.82, 2.24) is 9.80 Å². The van der Waals surface area contributed by atoms with Crippen molar-refractivity contribution in [1.29, 1.82) is 0 Å². The summed E-state index contributed by atoms with van der Waals surface area (Å²) in [4.78, 5) is 16.7. The summed E-state index contributed by atoms with van der Waals surface area (Å²) in [6.07, 6.45) is 2.05. The second-order valence-corrected chi connectivity index (χ2v) is 6.16. The van der Waals surface area contributed by atoms with Crippen LogP contribution in [0.25, 0.3) is 0 Å². The minimum atomic E-state index is -0.354. The molecule has 2 aliphatic heterocycles. The van der Waals surface area contributed by atoms with Gasteiger partial charge in [0.15, 0.2) is 0 Å². The number of morpholine rings is 1. The molecule has 2 aliphatic rings. The molecular formula is C17H23FN2O2. The average molecular weight is 306 g/mol. The van der Waals surface area contributed by atoms with E-state index < -0.39 is 0 Å². The van der Waals surface area contributed by atoms with Crippen LogP contribution in [0.15, 0.2) is 24.3 Å². The van der Waals surface area contributed by atoms with Gasteiger partial charge in [0.25, 0.3) is 5.91 Å². The molecule has 0 bridgehead atoms. The predicted molar refractivity (Wildman–Crippen MR) is 82.3 cm³/mol. The van der Waals surface area contributed by atoms with Crippen molar-refractivity contribution >= 4 is 5.91 Å². The fraction of sp³-hybridized carbons (Fsp3) is 0.588. The molecule has 0 atom stereocenters. The minimum absolute atomic E-state index is 0.0516. The highest BCUT2D eigenvalue weighted by molar-refractivity contribution is 5.94. The van der Waals surface area contributed by atoms with Crippen molar-refractivity contribution in [3.8, 4) is 0 Å². The molecular weight excluding hydrogens is 283 g/mol. The molecule has 4 nitrogen and oxygen atoms in total. The third-order valence-corrected chi connectivity index (χ3v) is 4.59. The van der Waals surface area contributed by atoms with E-state index in [4.69, 9.17) is 4.74 Å². The normalized spacial score (nSPS) is 21.0. The van der Waals surface area contributed by atoms with Crippen LogP contribution in [-0.4, -0.2) is 61.6 Å². The zero-order valence-corrected chi connectivity index (χ0v) is 12.8. The van der Waals surface area contributed by atoms with Crippen molar-refractivity contribution < 1.29 is 13.9 Å². The number of piperidine rings is 1. The maximum Gasteiger partial charge on any atom is 0.253 e. The van der Waals surface area contributed by atoms with Gasteiger partial charge in [-0.15, -0.1) is 0 Å². The Hall–Kier alpha value is -1.46. The molecule has 0 aliphatic carbocycles. The van der Waals surface area contributed by atoms with Crippen molar-refractivity contribution in [3.05, 3.63) is 35.6 Å². The van der Waals surface area contributed by atoms with E-state index in [0.717, 1.165) is 58.8 Å². The summed E-state index contributed by atoms with van der Waals surface area (Å²) in [5, 5.41) is 0. The molecule has 3 rings (SSSR count). The first-order valence-electron chi connectivity index (χ1n) is 8.07. The molecule has 2 heterocycles. The third-order valence-electron chi connectivity index (χ3n) is 4.59. The smallest absolute Gasteiger partial charge is 0.253 e. The topological polar surface area (TPSA) is 32.8 Å². The second-order valence-electron chi connectivity index (χ2n) is 6.16. The van der Waals surface area contributed by atoms with Gasteiger partial charge in [-0.25, -0.2) is 4.39 Å². The van der Waals surface area contributed by atoms with Crippen LogP contribution in [0, 0.1) is 11.7 Å². The Morgan fingerprint density at radius 1 is 1.18 bits per heavy atom. The average Bonchev–Trinajstić information content (AvgIpc) is 2.56. The number of hydrogen-bond acceptors (Lipinski definition) is 3. The quantitative estimate of drug-likeness (QED) is 0.856. The summed E-state index contributed by atoms with van der Waals surface area (Å²) < 4.78 is 18.6. The fourth-order valence-corrected chi connectivity index (χ4v) is 3.27. The van der Waals surface area contributed by atoms with Gasteiger partial charge in [0.1, 0.15) is 5.82 Å². The lowest BCUT2D eigenvalue weighted by Gasteiger charge is -2.36. The van der Waals surface area contributed by atoms with Gasteiger partial charge in [-0.05, 0) is 37.0 Å². The van der Waals surface area contributed by atoms with Crippen molar-refractivity contribution in [2.75, 3.05) is 45.9 Å². The van der Waals surface area contributed by atoms with E-state index in [2.05, 4.69) is 4.90 Å². The Bertz CT molecular complexity index is 509. The molecule has 0 N–H and O–H groups in total. The van der Waals surface area contributed by atoms with Crippen LogP contribution in [0.2, 0.25) is 0 Å². The first-order valence-corrected chi connectivity index (χ1v) is 8.07. The molecule has 0 radical (unpaired) electrons. The van der Waals surface area contributed by atoms with Crippen LogP contribution in [0.1, 0.15) is 23.2 Å². The molecule has 0 saturated carbocycles. The number of nitrogens with zero attached hydrogens (tertiary/aromatic N) is 2. The van der Waals surface area contributed by atoms with E-state index in [0.29, 0.717) is 11.5 Å². The largest absolute Gasteiger partial charge is 0.379 e. The monoisotopic (exact) mass is 306 g/mol. The Morgan fingerprint density at radius 2 is 1.91 bits per heavy atom. The number of benzene rings is 1. The zero-order chi connectivity index (χ0) is 15.4. The number of halogens is 1. The maximum atomic E-state index is 13.2. The van der Waals surface area contributed by atoms with Gasteiger partial charge in [-0.3, -0.25) is 9.69 Å². The van der Waals surface area contributed by atoms with Crippen molar-refractivity contribution in [2.24, 2.45) is 5.92 Å². The highest BCUT2D eigenvalue weighted by atomic mass is 19.1. The lowest BCUT2D eigenvalue weighted by atomic mass is 9.95. The standard InChI is InChI=1S/C17H23FN2O2/c18-16-3-1-2-15(12-16)17(21)20-6-4-14(5-7-20)13-19-8-10-22-11-9-19/h1-3,12,14H,4-11,13H2. The molecule has 0 aromatic heterocycles. The Kier molecular flexibility index (Phi) is 5.05. The van der Waals surface area contributed by atoms with E-state index in [-0.39, 0.29) is 11.7 Å². The Labute approximate surface area is 130 Å². The third kappa shape index (κ3) is 3.84. The number of rotatable bonds is 3. The number of likely N-dealkylation sites (tertiary alicyclic amines) is 1. The number of carbonyl (C=O) groups is 1. The SMILES string of the molecule is O=C(c1cccc(F)c1)N1CCC(CN2CCOCC2)CC1. The zero-order valence-electron chi connectivity index (χ0n) is 12.8. The number of ether oxygens (including phenoxy) is 1. The molecule has 1 aromatic rings. The summed E-state index contributed by atoms with van der Waals surface area (Å²) >= 11 is 0. The highest BCUT2D eigenvalue weighted by Crippen LogP contribution is 2.20. The summed E-state index contributed by atoms with van der Waals surface area (Å²) in [7, 11) is 0. The maximum absolute atomic E-state index is 13.2.